The number of ether oxygens (including phenoxy) is 2. The fourth-order valence-electron chi connectivity index (χ4n) is 1.89. The van der Waals surface area contributed by atoms with Gasteiger partial charge in [0, 0.05) is 0 Å². The maximum absolute atomic E-state index is 11.2. The van der Waals surface area contributed by atoms with Gasteiger partial charge in [-0.15, -0.1) is 6.58 Å². The maximum Gasteiger partial charge on any atom is 0.338 e. The Labute approximate surface area is 148 Å². The molecule has 0 amide bonds. The number of benzene rings is 2. The van der Waals surface area contributed by atoms with Crippen molar-refractivity contribution in [2.75, 3.05) is 13.7 Å². The summed E-state index contributed by atoms with van der Waals surface area (Å²) in [4.78, 5) is 11.2. The monoisotopic (exact) mass is 344 g/mol. The number of rotatable bonds is 6. The molecule has 5 heteroatoms. The lowest BCUT2D eigenvalue weighted by atomic mass is 10.1. The van der Waals surface area contributed by atoms with Gasteiger partial charge in [0.1, 0.15) is 5.75 Å². The van der Waals surface area contributed by atoms with E-state index in [0.717, 1.165) is 18.4 Å². The molecule has 2 aromatic carbocycles. The first-order chi connectivity index (χ1) is 12.0. The highest BCUT2D eigenvalue weighted by Crippen LogP contribution is 2.26. The number of phenolic OH excluding ortho intramolecular Hbond substituents is 2. The number of carbonyl (C=O) groups is 1. The number of carbonyl (C=O) groups excluding carboxylic acids is 1. The molecule has 0 aliphatic rings. The Hall–Kier alpha value is -2.95. The average molecular weight is 344 g/mol. The van der Waals surface area contributed by atoms with Crippen molar-refractivity contribution >= 4 is 5.97 Å². The molecule has 0 saturated carbocycles. The number of allylic oxidation sites excluding steroid dienone is 1. The van der Waals surface area contributed by atoms with E-state index in [-0.39, 0.29) is 17.5 Å². The van der Waals surface area contributed by atoms with Crippen LogP contribution in [0.2, 0.25) is 0 Å². The van der Waals surface area contributed by atoms with Gasteiger partial charge in [0.25, 0.3) is 0 Å². The first-order valence-electron chi connectivity index (χ1n) is 7.94. The molecule has 0 spiro atoms. The van der Waals surface area contributed by atoms with Crippen LogP contribution in [-0.4, -0.2) is 29.9 Å². The molecule has 0 heterocycles. The molecule has 0 aliphatic heterocycles. The van der Waals surface area contributed by atoms with Gasteiger partial charge in [-0.1, -0.05) is 19.1 Å². The fourth-order valence-corrected chi connectivity index (χ4v) is 1.89. The van der Waals surface area contributed by atoms with Crippen LogP contribution in [0.1, 0.15) is 29.3 Å². The first-order valence-corrected chi connectivity index (χ1v) is 7.94. The van der Waals surface area contributed by atoms with Gasteiger partial charge in [-0.2, -0.15) is 0 Å². The summed E-state index contributed by atoms with van der Waals surface area (Å²) in [6, 6.07) is 11.3. The minimum atomic E-state index is -0.346. The molecule has 0 saturated heterocycles. The zero-order chi connectivity index (χ0) is 18.7. The van der Waals surface area contributed by atoms with Crippen LogP contribution < -0.4 is 4.74 Å². The predicted octanol–water partition coefficient (Wildman–Crippen LogP) is 4.09. The number of esters is 1. The van der Waals surface area contributed by atoms with Crippen molar-refractivity contribution in [2.45, 2.75) is 19.8 Å². The molecule has 2 rings (SSSR count). The zero-order valence-electron chi connectivity index (χ0n) is 14.6. The normalized spacial score (nSPS) is 9.52. The third-order valence-electron chi connectivity index (χ3n) is 3.16. The van der Waals surface area contributed by atoms with Crippen molar-refractivity contribution in [3.8, 4) is 17.2 Å². The van der Waals surface area contributed by atoms with Crippen LogP contribution in [0.15, 0.2) is 55.1 Å². The number of methoxy groups -OCH3 is 1. The molecule has 5 nitrogen and oxygen atoms in total. The second-order valence-electron chi connectivity index (χ2n) is 5.18. The molecule has 2 aromatic rings. The Morgan fingerprint density at radius 3 is 2.40 bits per heavy atom. The van der Waals surface area contributed by atoms with Gasteiger partial charge in [-0.25, -0.2) is 4.79 Å². The molecule has 25 heavy (non-hydrogen) atoms. The Kier molecular flexibility index (Phi) is 8.65. The van der Waals surface area contributed by atoms with Crippen molar-refractivity contribution in [3.05, 3.63) is 66.2 Å². The predicted molar refractivity (Wildman–Crippen MR) is 97.2 cm³/mol. The van der Waals surface area contributed by atoms with Crippen LogP contribution in [0, 0.1) is 0 Å². The van der Waals surface area contributed by atoms with E-state index >= 15 is 0 Å². The number of hydrogen-bond acceptors (Lipinski definition) is 5. The highest BCUT2D eigenvalue weighted by Gasteiger charge is 2.05. The summed E-state index contributed by atoms with van der Waals surface area (Å²) < 4.78 is 9.84. The minimum absolute atomic E-state index is 0.145. The highest BCUT2D eigenvalue weighted by atomic mass is 16.5. The molecule has 0 aliphatic carbocycles. The molecular weight excluding hydrogens is 320 g/mol. The summed E-state index contributed by atoms with van der Waals surface area (Å²) in [5.74, 6) is 0.480. The Morgan fingerprint density at radius 2 is 1.84 bits per heavy atom. The molecule has 0 fully saturated rings. The molecule has 2 N–H and O–H groups in total. The Balaban J connectivity index is 0.000000251. The average Bonchev–Trinajstić information content (AvgIpc) is 2.62. The lowest BCUT2D eigenvalue weighted by Crippen LogP contribution is -2.05. The van der Waals surface area contributed by atoms with Crippen LogP contribution in [0.4, 0.5) is 0 Å². The second-order valence-corrected chi connectivity index (χ2v) is 5.18. The largest absolute Gasteiger partial charge is 0.508 e. The van der Waals surface area contributed by atoms with Crippen LogP contribution in [-0.2, 0) is 11.2 Å². The van der Waals surface area contributed by atoms with E-state index in [9.17, 15) is 9.90 Å². The maximum atomic E-state index is 11.2. The van der Waals surface area contributed by atoms with Gasteiger partial charge < -0.3 is 19.7 Å². The van der Waals surface area contributed by atoms with E-state index in [1.807, 2.05) is 19.1 Å². The second kappa shape index (κ2) is 10.8. The SMILES string of the molecule is C=CCc1ccc(O)c(OC)c1.CCCOC(=O)c1ccc(O)cc1. The fraction of sp³-hybridized carbons (Fsp3) is 0.250. The quantitative estimate of drug-likeness (QED) is 0.610. The van der Waals surface area contributed by atoms with E-state index in [0.29, 0.717) is 17.9 Å². The van der Waals surface area contributed by atoms with Crippen molar-refractivity contribution in [2.24, 2.45) is 0 Å². The van der Waals surface area contributed by atoms with Gasteiger partial charge >= 0.3 is 5.97 Å². The summed E-state index contributed by atoms with van der Waals surface area (Å²) in [5.41, 5.74) is 1.55. The highest BCUT2D eigenvalue weighted by molar-refractivity contribution is 5.89. The van der Waals surface area contributed by atoms with E-state index in [1.54, 1.807) is 12.1 Å². The zero-order valence-corrected chi connectivity index (χ0v) is 14.6. The molecule has 134 valence electrons. The van der Waals surface area contributed by atoms with E-state index < -0.39 is 0 Å². The van der Waals surface area contributed by atoms with Crippen molar-refractivity contribution in [3.63, 3.8) is 0 Å². The van der Waals surface area contributed by atoms with Gasteiger partial charge in [-0.3, -0.25) is 0 Å². The lowest BCUT2D eigenvalue weighted by Gasteiger charge is -2.04. The number of aromatic hydroxyl groups is 2. The first kappa shape index (κ1) is 20.1. The lowest BCUT2D eigenvalue weighted by molar-refractivity contribution is 0.0505. The van der Waals surface area contributed by atoms with Crippen LogP contribution in [0.3, 0.4) is 0 Å². The van der Waals surface area contributed by atoms with Crippen LogP contribution in [0.25, 0.3) is 0 Å². The van der Waals surface area contributed by atoms with E-state index in [2.05, 4.69) is 6.58 Å². The van der Waals surface area contributed by atoms with E-state index in [1.165, 1.54) is 31.4 Å². The standard InChI is InChI=1S/C10H12O3.C10H12O2/c1-2-7-13-10(12)8-3-5-9(11)6-4-8;1-3-4-8-5-6-9(11)10(7-8)12-2/h3-6,11H,2,7H2,1H3;3,5-7,11H,1,4H2,2H3. The summed E-state index contributed by atoms with van der Waals surface area (Å²) in [7, 11) is 1.53. The van der Waals surface area contributed by atoms with E-state index in [4.69, 9.17) is 14.6 Å². The topological polar surface area (TPSA) is 76.0 Å². The molecule has 0 bridgehead atoms. The number of hydrogen-bond donors (Lipinski definition) is 2. The third kappa shape index (κ3) is 6.99. The molecular formula is C20H24O5. The smallest absolute Gasteiger partial charge is 0.338 e. The minimum Gasteiger partial charge on any atom is -0.508 e. The Morgan fingerprint density at radius 1 is 1.16 bits per heavy atom. The van der Waals surface area contributed by atoms with Crippen molar-refractivity contribution in [1.29, 1.82) is 0 Å². The summed E-state index contributed by atoms with van der Waals surface area (Å²) in [6.07, 6.45) is 3.41. The Bertz CT molecular complexity index is 677. The molecule has 0 atom stereocenters. The third-order valence-corrected chi connectivity index (χ3v) is 3.16. The van der Waals surface area contributed by atoms with Gasteiger partial charge in [0.05, 0.1) is 19.3 Å². The number of phenols is 2. The van der Waals surface area contributed by atoms with Crippen molar-refractivity contribution < 1.29 is 24.5 Å². The van der Waals surface area contributed by atoms with Gasteiger partial charge in [0.15, 0.2) is 11.5 Å². The van der Waals surface area contributed by atoms with Crippen LogP contribution in [0.5, 0.6) is 17.2 Å². The van der Waals surface area contributed by atoms with Crippen LogP contribution >= 0.6 is 0 Å². The molecule has 0 radical (unpaired) electrons. The van der Waals surface area contributed by atoms with Gasteiger partial charge in [0.2, 0.25) is 0 Å². The summed E-state index contributed by atoms with van der Waals surface area (Å²) >= 11 is 0. The van der Waals surface area contributed by atoms with Gasteiger partial charge in [-0.05, 0) is 54.8 Å². The molecule has 0 aromatic heterocycles. The molecule has 0 unspecified atom stereocenters. The van der Waals surface area contributed by atoms with Crippen molar-refractivity contribution in [1.82, 2.24) is 0 Å². The summed E-state index contributed by atoms with van der Waals surface area (Å²) in [6.45, 7) is 6.00. The summed E-state index contributed by atoms with van der Waals surface area (Å²) in [5, 5.41) is 18.2.